The number of hydrogen-bond donors (Lipinski definition) is 0. The second-order valence-electron chi connectivity index (χ2n) is 8.68. The molecule has 0 atom stereocenters. The number of nitrogens with zero attached hydrogens (tertiary/aromatic N) is 2. The summed E-state index contributed by atoms with van der Waals surface area (Å²) in [6.45, 7) is 15.6. The highest BCUT2D eigenvalue weighted by Gasteiger charge is 2.43. The lowest BCUT2D eigenvalue weighted by atomic mass is 10.2. The van der Waals surface area contributed by atoms with E-state index in [2.05, 4.69) is 33.9 Å². The lowest BCUT2D eigenvalue weighted by Crippen LogP contribution is -2.49. The molecule has 31 heavy (non-hydrogen) atoms. The third-order valence-electron chi connectivity index (χ3n) is 5.50. The van der Waals surface area contributed by atoms with Crippen molar-refractivity contribution >= 4 is 38.4 Å². The molecule has 0 N–H and O–H groups in total. The SMILES string of the molecule is CCOC(=O)N(/N=C(\OCC)[Si](C)(C)C(C)(C)C)P(c1ccccc1)c1ccccc1. The zero-order chi connectivity index (χ0) is 23.1. The van der Waals surface area contributed by atoms with Gasteiger partial charge in [-0.25, -0.2) is 4.79 Å². The summed E-state index contributed by atoms with van der Waals surface area (Å²) in [5.41, 5.74) is 0.662. The van der Waals surface area contributed by atoms with E-state index < -0.39 is 22.2 Å². The van der Waals surface area contributed by atoms with Crippen molar-refractivity contribution in [2.24, 2.45) is 5.10 Å². The lowest BCUT2D eigenvalue weighted by Gasteiger charge is -2.38. The van der Waals surface area contributed by atoms with Crippen LogP contribution in [0.4, 0.5) is 4.79 Å². The monoisotopic (exact) mass is 458 g/mol. The van der Waals surface area contributed by atoms with Gasteiger partial charge in [0.15, 0.2) is 13.6 Å². The Morgan fingerprint density at radius 3 is 1.74 bits per heavy atom. The Morgan fingerprint density at radius 1 is 0.903 bits per heavy atom. The normalized spacial score (nSPS) is 12.6. The maximum absolute atomic E-state index is 13.2. The van der Waals surface area contributed by atoms with E-state index in [1.165, 1.54) is 4.78 Å². The van der Waals surface area contributed by atoms with Gasteiger partial charge >= 0.3 is 6.09 Å². The van der Waals surface area contributed by atoms with E-state index in [1.807, 2.05) is 74.5 Å². The average molecular weight is 459 g/mol. The van der Waals surface area contributed by atoms with Crippen LogP contribution in [0.25, 0.3) is 0 Å². The Kier molecular flexibility index (Phi) is 8.84. The first-order chi connectivity index (χ1) is 14.6. The van der Waals surface area contributed by atoms with Crippen LogP contribution >= 0.6 is 8.07 Å². The van der Waals surface area contributed by atoms with E-state index in [9.17, 15) is 4.79 Å². The Labute approximate surface area is 189 Å². The quantitative estimate of drug-likeness (QED) is 0.171. The van der Waals surface area contributed by atoms with Gasteiger partial charge < -0.3 is 9.47 Å². The second-order valence-corrected chi connectivity index (χ2v) is 15.9. The molecule has 2 aromatic carbocycles. The van der Waals surface area contributed by atoms with Crippen LogP contribution in [0.5, 0.6) is 0 Å². The maximum Gasteiger partial charge on any atom is 0.434 e. The van der Waals surface area contributed by atoms with Crippen molar-refractivity contribution in [1.82, 2.24) is 4.78 Å². The van der Waals surface area contributed by atoms with E-state index in [0.717, 1.165) is 10.6 Å². The molecule has 0 saturated heterocycles. The van der Waals surface area contributed by atoms with Crippen molar-refractivity contribution in [1.29, 1.82) is 0 Å². The van der Waals surface area contributed by atoms with Gasteiger partial charge in [-0.05, 0) is 18.9 Å². The molecule has 0 aliphatic carbocycles. The zero-order valence-corrected chi connectivity index (χ0v) is 21.6. The molecule has 0 aliphatic rings. The van der Waals surface area contributed by atoms with Gasteiger partial charge in [0.1, 0.15) is 0 Å². The van der Waals surface area contributed by atoms with Gasteiger partial charge in [-0.1, -0.05) is 94.5 Å². The molecule has 0 spiro atoms. The van der Waals surface area contributed by atoms with Crippen LogP contribution in [0.3, 0.4) is 0 Å². The van der Waals surface area contributed by atoms with Gasteiger partial charge in [-0.15, -0.1) is 5.10 Å². The summed E-state index contributed by atoms with van der Waals surface area (Å²) in [6, 6.07) is 20.0. The summed E-state index contributed by atoms with van der Waals surface area (Å²) in [5, 5.41) is 6.96. The summed E-state index contributed by atoms with van der Waals surface area (Å²) in [4.78, 5) is 13.2. The number of benzene rings is 2. The van der Waals surface area contributed by atoms with Gasteiger partial charge in [-0.3, -0.25) is 0 Å². The number of ether oxygens (including phenoxy) is 2. The molecule has 0 aromatic heterocycles. The molecule has 0 unspecified atom stereocenters. The van der Waals surface area contributed by atoms with Crippen LogP contribution in [0.2, 0.25) is 18.1 Å². The lowest BCUT2D eigenvalue weighted by molar-refractivity contribution is 0.132. The van der Waals surface area contributed by atoms with Crippen LogP contribution in [0.15, 0.2) is 65.8 Å². The van der Waals surface area contributed by atoms with Crippen molar-refractivity contribution in [2.75, 3.05) is 13.2 Å². The van der Waals surface area contributed by atoms with Crippen LogP contribution in [-0.4, -0.2) is 37.7 Å². The molecule has 0 heterocycles. The Balaban J connectivity index is 2.71. The summed E-state index contributed by atoms with van der Waals surface area (Å²) in [5.74, 6) is 0. The minimum atomic E-state index is -2.15. The van der Waals surface area contributed by atoms with Crippen molar-refractivity contribution < 1.29 is 14.3 Å². The maximum atomic E-state index is 13.2. The van der Waals surface area contributed by atoms with Crippen LogP contribution < -0.4 is 10.6 Å². The standard InChI is InChI=1S/C24H35N2O3PSi/c1-8-28-22(31(6,7)24(3,4)5)25-26(23(27)29-9-2)30(20-16-12-10-13-17-20)21-18-14-11-15-19-21/h10-19H,8-9H2,1-7H3/b25-22+. The predicted molar refractivity (Wildman–Crippen MR) is 134 cm³/mol. The van der Waals surface area contributed by atoms with E-state index in [1.54, 1.807) is 0 Å². The van der Waals surface area contributed by atoms with Gasteiger partial charge in [0.05, 0.1) is 21.3 Å². The number of hydrogen-bond acceptors (Lipinski definition) is 4. The third kappa shape index (κ3) is 6.17. The largest absolute Gasteiger partial charge is 0.484 e. The van der Waals surface area contributed by atoms with E-state index in [0.29, 0.717) is 12.1 Å². The first-order valence-corrected chi connectivity index (χ1v) is 15.0. The van der Waals surface area contributed by atoms with E-state index in [4.69, 9.17) is 14.6 Å². The molecule has 2 rings (SSSR count). The minimum Gasteiger partial charge on any atom is -0.484 e. The van der Waals surface area contributed by atoms with E-state index >= 15 is 0 Å². The summed E-state index contributed by atoms with van der Waals surface area (Å²) in [6.07, 6.45) is -0.461. The molecular weight excluding hydrogens is 423 g/mol. The molecule has 0 saturated carbocycles. The van der Waals surface area contributed by atoms with Gasteiger partial charge in [0, 0.05) is 10.6 Å². The molecule has 0 aliphatic heterocycles. The second kappa shape index (κ2) is 10.9. The van der Waals surface area contributed by atoms with Crippen molar-refractivity contribution in [2.45, 2.75) is 52.8 Å². The van der Waals surface area contributed by atoms with Gasteiger partial charge in [-0.2, -0.15) is 4.78 Å². The molecule has 168 valence electrons. The first-order valence-electron chi connectivity index (χ1n) is 10.7. The van der Waals surface area contributed by atoms with Crippen molar-refractivity contribution in [3.63, 3.8) is 0 Å². The van der Waals surface area contributed by atoms with Crippen molar-refractivity contribution in [3.05, 3.63) is 60.7 Å². The minimum absolute atomic E-state index is 0.00356. The number of rotatable bonds is 7. The fourth-order valence-corrected chi connectivity index (χ4v) is 6.35. The molecule has 0 fully saturated rings. The predicted octanol–water partition coefficient (Wildman–Crippen LogP) is 5.89. The summed E-state index contributed by atoms with van der Waals surface area (Å²) < 4.78 is 13.1. The number of carbonyl (C=O) groups is 1. The molecule has 1 amide bonds. The first kappa shape index (κ1) is 25.1. The van der Waals surface area contributed by atoms with Crippen LogP contribution in [0.1, 0.15) is 34.6 Å². The topological polar surface area (TPSA) is 51.1 Å². The Hall–Kier alpha value is -2.17. The highest BCUT2D eigenvalue weighted by Crippen LogP contribution is 2.42. The van der Waals surface area contributed by atoms with Crippen molar-refractivity contribution in [3.8, 4) is 0 Å². The zero-order valence-electron chi connectivity index (χ0n) is 19.8. The highest BCUT2D eigenvalue weighted by atomic mass is 31.1. The molecule has 2 aromatic rings. The molecular formula is C24H35N2O3PSi. The van der Waals surface area contributed by atoms with Crippen LogP contribution in [-0.2, 0) is 9.47 Å². The molecule has 0 bridgehead atoms. The highest BCUT2D eigenvalue weighted by molar-refractivity contribution is 7.71. The average Bonchev–Trinajstić information content (AvgIpc) is 2.73. The number of amides is 1. The Morgan fingerprint density at radius 2 is 1.35 bits per heavy atom. The van der Waals surface area contributed by atoms with Gasteiger partial charge in [0.25, 0.3) is 0 Å². The molecule has 5 nitrogen and oxygen atoms in total. The third-order valence-corrected chi connectivity index (χ3v) is 12.8. The van der Waals surface area contributed by atoms with E-state index in [-0.39, 0.29) is 11.6 Å². The fourth-order valence-electron chi connectivity index (χ4n) is 2.73. The molecule has 0 radical (unpaired) electrons. The number of carbonyl (C=O) groups excluding carboxylic acids is 1. The smallest absolute Gasteiger partial charge is 0.434 e. The number of hydrazone groups is 1. The fraction of sp³-hybridized carbons (Fsp3) is 0.417. The Bertz CT molecular complexity index is 828. The summed E-state index contributed by atoms with van der Waals surface area (Å²) in [7, 11) is -3.42. The van der Waals surface area contributed by atoms with Crippen LogP contribution in [0, 0.1) is 0 Å². The van der Waals surface area contributed by atoms with Gasteiger partial charge in [0.2, 0.25) is 0 Å². The molecule has 7 heteroatoms. The summed E-state index contributed by atoms with van der Waals surface area (Å²) >= 11 is 0.